The number of hydrogen-bond donors (Lipinski definition) is 0. The van der Waals surface area contributed by atoms with Crippen molar-refractivity contribution in [3.05, 3.63) is 64.2 Å². The maximum absolute atomic E-state index is 13.2. The van der Waals surface area contributed by atoms with E-state index in [0.717, 1.165) is 23.8 Å². The summed E-state index contributed by atoms with van der Waals surface area (Å²) >= 11 is 6.09. The number of amides is 1. The molecule has 162 valence electrons. The summed E-state index contributed by atoms with van der Waals surface area (Å²) in [5, 5.41) is -0.0106. The third-order valence-electron chi connectivity index (χ3n) is 4.94. The molecule has 0 aromatic heterocycles. The lowest BCUT2D eigenvalue weighted by Gasteiger charge is -2.21. The van der Waals surface area contributed by atoms with Crippen LogP contribution in [-0.4, -0.2) is 43.7 Å². The van der Waals surface area contributed by atoms with Crippen molar-refractivity contribution in [1.29, 1.82) is 0 Å². The van der Waals surface area contributed by atoms with E-state index < -0.39 is 27.7 Å². The van der Waals surface area contributed by atoms with Crippen LogP contribution in [0, 0.1) is 0 Å². The van der Waals surface area contributed by atoms with Gasteiger partial charge in [0.2, 0.25) is 10.0 Å². The Balaban J connectivity index is 1.88. The minimum absolute atomic E-state index is 0.0106. The second kappa shape index (κ2) is 8.56. The molecular weight excluding hydrogens is 441 g/mol. The minimum atomic E-state index is -4.54. The number of nitrogens with zero attached hydrogens (tertiary/aromatic N) is 2. The Morgan fingerprint density at radius 2 is 1.77 bits per heavy atom. The molecule has 0 atom stereocenters. The number of carbonyl (C=O) groups excluding carboxylic acids is 1. The van der Waals surface area contributed by atoms with Crippen molar-refractivity contribution in [2.45, 2.75) is 30.5 Å². The third kappa shape index (κ3) is 4.63. The summed E-state index contributed by atoms with van der Waals surface area (Å²) in [4.78, 5) is 13.7. The first-order chi connectivity index (χ1) is 14.0. The number of hydrogen-bond acceptors (Lipinski definition) is 3. The molecule has 10 heteroatoms. The van der Waals surface area contributed by atoms with Gasteiger partial charge in [-0.05, 0) is 42.7 Å². The second-order valence-corrected chi connectivity index (χ2v) is 9.39. The lowest BCUT2D eigenvalue weighted by molar-refractivity contribution is -0.138. The summed E-state index contributed by atoms with van der Waals surface area (Å²) in [6.07, 6.45) is -3.05. The van der Waals surface area contributed by atoms with E-state index in [4.69, 9.17) is 11.6 Å². The number of benzene rings is 2. The summed E-state index contributed by atoms with van der Waals surface area (Å²) in [6.45, 7) is 0.473. The molecule has 1 saturated heterocycles. The van der Waals surface area contributed by atoms with Crippen LogP contribution in [0.25, 0.3) is 0 Å². The highest BCUT2D eigenvalue weighted by Crippen LogP contribution is 2.33. The average Bonchev–Trinajstić information content (AvgIpc) is 3.23. The van der Waals surface area contributed by atoms with E-state index in [1.807, 2.05) is 0 Å². The Hall–Kier alpha value is -2.10. The lowest BCUT2D eigenvalue weighted by atomic mass is 10.1. The van der Waals surface area contributed by atoms with Gasteiger partial charge in [-0.3, -0.25) is 4.79 Å². The Kier molecular flexibility index (Phi) is 6.45. The van der Waals surface area contributed by atoms with Crippen LogP contribution >= 0.6 is 11.6 Å². The van der Waals surface area contributed by atoms with Crippen LogP contribution in [0.3, 0.4) is 0 Å². The molecule has 5 nitrogen and oxygen atoms in total. The zero-order chi connectivity index (χ0) is 22.1. The molecular formula is C20H20ClF3N2O3S. The van der Waals surface area contributed by atoms with Crippen molar-refractivity contribution in [1.82, 2.24) is 9.21 Å². The largest absolute Gasteiger partial charge is 0.416 e. The van der Waals surface area contributed by atoms with E-state index >= 15 is 0 Å². The zero-order valence-corrected chi connectivity index (χ0v) is 17.7. The van der Waals surface area contributed by atoms with Crippen LogP contribution in [0.5, 0.6) is 0 Å². The van der Waals surface area contributed by atoms with Crippen molar-refractivity contribution in [2.24, 2.45) is 0 Å². The van der Waals surface area contributed by atoms with Crippen molar-refractivity contribution in [3.63, 3.8) is 0 Å². The van der Waals surface area contributed by atoms with E-state index in [1.54, 1.807) is 0 Å². The van der Waals surface area contributed by atoms with E-state index in [2.05, 4.69) is 0 Å². The maximum Gasteiger partial charge on any atom is 0.416 e. The van der Waals surface area contributed by atoms with Crippen molar-refractivity contribution >= 4 is 27.5 Å². The predicted octanol–water partition coefficient (Wildman–Crippen LogP) is 4.42. The van der Waals surface area contributed by atoms with Crippen molar-refractivity contribution in [2.75, 3.05) is 20.1 Å². The standard InChI is InChI=1S/C20H20ClF3N2O3S/c1-25(13-15-6-2-3-7-16(15)20(22,23)24)19(27)14-8-9-17(21)18(12-14)30(28,29)26-10-4-5-11-26/h2-3,6-9,12H,4-5,10-11,13H2,1H3. The van der Waals surface area contributed by atoms with Crippen LogP contribution in [0.15, 0.2) is 47.4 Å². The van der Waals surface area contributed by atoms with Crippen molar-refractivity contribution < 1.29 is 26.4 Å². The van der Waals surface area contributed by atoms with Gasteiger partial charge in [-0.2, -0.15) is 17.5 Å². The first kappa shape index (κ1) is 22.6. The molecule has 0 saturated carbocycles. The van der Waals surface area contributed by atoms with E-state index in [1.165, 1.54) is 47.8 Å². The van der Waals surface area contributed by atoms with Gasteiger partial charge in [-0.1, -0.05) is 29.8 Å². The third-order valence-corrected chi connectivity index (χ3v) is 7.32. The Bertz CT molecular complexity index is 1050. The smallest absolute Gasteiger partial charge is 0.337 e. The number of sulfonamides is 1. The van der Waals surface area contributed by atoms with Crippen LogP contribution in [-0.2, 0) is 22.7 Å². The molecule has 1 amide bonds. The summed E-state index contributed by atoms with van der Waals surface area (Å²) in [5.41, 5.74) is -0.845. The van der Waals surface area contributed by atoms with Gasteiger partial charge in [-0.15, -0.1) is 0 Å². The summed E-state index contributed by atoms with van der Waals surface area (Å²) in [7, 11) is -2.49. The number of alkyl halides is 3. The fourth-order valence-corrected chi connectivity index (χ4v) is 5.40. The van der Waals surface area contributed by atoms with E-state index in [9.17, 15) is 26.4 Å². The normalized spacial score (nSPS) is 15.4. The Morgan fingerprint density at radius 3 is 2.40 bits per heavy atom. The van der Waals surface area contributed by atoms with Gasteiger partial charge in [0.1, 0.15) is 4.90 Å². The molecule has 1 aliphatic rings. The molecule has 2 aromatic rings. The van der Waals surface area contributed by atoms with Crippen LogP contribution in [0.1, 0.15) is 34.3 Å². The topological polar surface area (TPSA) is 57.7 Å². The molecule has 30 heavy (non-hydrogen) atoms. The van der Waals surface area contributed by atoms with Crippen molar-refractivity contribution in [3.8, 4) is 0 Å². The molecule has 0 radical (unpaired) electrons. The number of halogens is 4. The molecule has 2 aromatic carbocycles. The first-order valence-corrected chi connectivity index (χ1v) is 11.0. The van der Waals surface area contributed by atoms with E-state index in [-0.39, 0.29) is 27.6 Å². The average molecular weight is 461 g/mol. The fourth-order valence-electron chi connectivity index (χ4n) is 3.38. The van der Waals surface area contributed by atoms with Gasteiger partial charge in [0, 0.05) is 32.2 Å². The predicted molar refractivity (Wildman–Crippen MR) is 107 cm³/mol. The lowest BCUT2D eigenvalue weighted by Crippen LogP contribution is -2.30. The molecule has 0 bridgehead atoms. The first-order valence-electron chi connectivity index (χ1n) is 9.22. The molecule has 0 unspecified atom stereocenters. The zero-order valence-electron chi connectivity index (χ0n) is 16.1. The summed E-state index contributed by atoms with van der Waals surface area (Å²) < 4.78 is 66.6. The Morgan fingerprint density at radius 1 is 1.13 bits per heavy atom. The molecule has 0 aliphatic carbocycles. The fraction of sp³-hybridized carbons (Fsp3) is 0.350. The SMILES string of the molecule is CN(Cc1ccccc1C(F)(F)F)C(=O)c1ccc(Cl)c(S(=O)(=O)N2CCCC2)c1. The van der Waals surface area contributed by atoms with Gasteiger partial charge in [-0.25, -0.2) is 8.42 Å². The summed E-state index contributed by atoms with van der Waals surface area (Å²) in [6, 6.07) is 8.86. The highest BCUT2D eigenvalue weighted by atomic mass is 35.5. The Labute approximate surface area is 178 Å². The maximum atomic E-state index is 13.2. The van der Waals surface area contributed by atoms with Gasteiger partial charge in [0.05, 0.1) is 10.6 Å². The van der Waals surface area contributed by atoms with Gasteiger partial charge in [0.15, 0.2) is 0 Å². The van der Waals surface area contributed by atoms with Crippen LogP contribution in [0.2, 0.25) is 5.02 Å². The van der Waals surface area contributed by atoms with E-state index in [0.29, 0.717) is 13.1 Å². The quantitative estimate of drug-likeness (QED) is 0.664. The molecule has 0 N–H and O–H groups in total. The summed E-state index contributed by atoms with van der Waals surface area (Å²) in [5.74, 6) is -0.610. The molecule has 1 aliphatic heterocycles. The van der Waals surface area contributed by atoms with Crippen LogP contribution in [0.4, 0.5) is 13.2 Å². The van der Waals surface area contributed by atoms with Crippen LogP contribution < -0.4 is 0 Å². The van der Waals surface area contributed by atoms with Gasteiger partial charge >= 0.3 is 6.18 Å². The van der Waals surface area contributed by atoms with Gasteiger partial charge < -0.3 is 4.90 Å². The number of rotatable bonds is 5. The number of carbonyl (C=O) groups is 1. The minimum Gasteiger partial charge on any atom is -0.337 e. The van der Waals surface area contributed by atoms with Gasteiger partial charge in [0.25, 0.3) is 5.91 Å². The molecule has 3 rings (SSSR count). The molecule has 1 heterocycles. The second-order valence-electron chi connectivity index (χ2n) is 7.07. The highest BCUT2D eigenvalue weighted by Gasteiger charge is 2.34. The monoisotopic (exact) mass is 460 g/mol. The molecule has 0 spiro atoms. The molecule has 1 fully saturated rings. The highest BCUT2D eigenvalue weighted by molar-refractivity contribution is 7.89.